The molecule has 4 nitrogen and oxygen atoms in total. The molecule has 100 valence electrons. The van der Waals surface area contributed by atoms with Gasteiger partial charge in [-0.3, -0.25) is 4.72 Å². The quantitative estimate of drug-likeness (QED) is 0.937. The van der Waals surface area contributed by atoms with E-state index in [1.54, 1.807) is 30.5 Å². The lowest BCUT2D eigenvalue weighted by Gasteiger charge is -2.10. The summed E-state index contributed by atoms with van der Waals surface area (Å²) in [7, 11) is -3.59. The van der Waals surface area contributed by atoms with E-state index in [9.17, 15) is 8.42 Å². The van der Waals surface area contributed by atoms with Crippen LogP contribution in [0.15, 0.2) is 41.4 Å². The highest BCUT2D eigenvalue weighted by Gasteiger charge is 2.16. The maximum atomic E-state index is 12.3. The van der Waals surface area contributed by atoms with Crippen molar-refractivity contribution < 1.29 is 8.42 Å². The number of anilines is 1. The third-order valence-corrected chi connectivity index (χ3v) is 4.37. The molecule has 0 aliphatic carbocycles. The van der Waals surface area contributed by atoms with Crippen LogP contribution in [0, 0.1) is 20.8 Å². The molecule has 0 aliphatic heterocycles. The molecule has 19 heavy (non-hydrogen) atoms. The Morgan fingerprint density at radius 1 is 1.00 bits per heavy atom. The summed E-state index contributed by atoms with van der Waals surface area (Å²) in [6.07, 6.45) is 1.56. The number of aryl methyl sites for hydroxylation is 3. The van der Waals surface area contributed by atoms with Gasteiger partial charge in [-0.05, 0) is 55.7 Å². The molecule has 2 rings (SSSR count). The number of hydrogen-bond acceptors (Lipinski definition) is 3. The highest BCUT2D eigenvalue weighted by molar-refractivity contribution is 7.92. The standard InChI is InChI=1S/C14H16N2O2S/c1-10-6-7-13(9-12(10)3)19(17,18)16-14-11(2)5-4-8-15-14/h4-9H,1-3H3,(H,15,16). The first-order valence-electron chi connectivity index (χ1n) is 5.92. The van der Waals surface area contributed by atoms with Gasteiger partial charge in [0.05, 0.1) is 4.90 Å². The van der Waals surface area contributed by atoms with Gasteiger partial charge in [-0.2, -0.15) is 0 Å². The van der Waals surface area contributed by atoms with Crippen LogP contribution in [0.3, 0.4) is 0 Å². The van der Waals surface area contributed by atoms with E-state index in [1.165, 1.54) is 0 Å². The first-order chi connectivity index (χ1) is 8.90. The Balaban J connectivity index is 2.38. The summed E-state index contributed by atoms with van der Waals surface area (Å²) in [5, 5.41) is 0. The van der Waals surface area contributed by atoms with E-state index in [-0.39, 0.29) is 4.90 Å². The molecule has 0 radical (unpaired) electrons. The Kier molecular flexibility index (Phi) is 3.57. The van der Waals surface area contributed by atoms with Crippen molar-refractivity contribution in [2.24, 2.45) is 0 Å². The molecule has 2 aromatic rings. The minimum Gasteiger partial charge on any atom is -0.263 e. The molecule has 1 heterocycles. The van der Waals surface area contributed by atoms with Crippen molar-refractivity contribution >= 4 is 15.8 Å². The van der Waals surface area contributed by atoms with Gasteiger partial charge in [0.2, 0.25) is 0 Å². The van der Waals surface area contributed by atoms with Crippen molar-refractivity contribution in [1.29, 1.82) is 0 Å². The number of pyridine rings is 1. The van der Waals surface area contributed by atoms with Crippen molar-refractivity contribution in [3.8, 4) is 0 Å². The Morgan fingerprint density at radius 2 is 1.74 bits per heavy atom. The van der Waals surface area contributed by atoms with Gasteiger partial charge in [-0.15, -0.1) is 0 Å². The fraction of sp³-hybridized carbons (Fsp3) is 0.214. The zero-order valence-electron chi connectivity index (χ0n) is 11.1. The van der Waals surface area contributed by atoms with Gasteiger partial charge >= 0.3 is 0 Å². The summed E-state index contributed by atoms with van der Waals surface area (Å²) in [4.78, 5) is 4.29. The Morgan fingerprint density at radius 3 is 2.37 bits per heavy atom. The van der Waals surface area contributed by atoms with Crippen LogP contribution < -0.4 is 4.72 Å². The van der Waals surface area contributed by atoms with E-state index in [4.69, 9.17) is 0 Å². The van der Waals surface area contributed by atoms with Crippen LogP contribution in [0.5, 0.6) is 0 Å². The van der Waals surface area contributed by atoms with Crippen LogP contribution in [0.2, 0.25) is 0 Å². The average Bonchev–Trinajstić information content (AvgIpc) is 2.35. The fourth-order valence-electron chi connectivity index (χ4n) is 1.66. The van der Waals surface area contributed by atoms with Gasteiger partial charge in [0.1, 0.15) is 5.82 Å². The molecule has 5 heteroatoms. The lowest BCUT2D eigenvalue weighted by molar-refractivity contribution is 0.601. The second kappa shape index (κ2) is 5.01. The Hall–Kier alpha value is -1.88. The minimum absolute atomic E-state index is 0.251. The van der Waals surface area contributed by atoms with Crippen molar-refractivity contribution in [3.05, 3.63) is 53.2 Å². The molecule has 0 saturated heterocycles. The van der Waals surface area contributed by atoms with Gasteiger partial charge in [-0.25, -0.2) is 13.4 Å². The molecule has 1 aromatic heterocycles. The molecule has 0 amide bonds. The summed E-state index contributed by atoms with van der Waals surface area (Å²) in [6, 6.07) is 8.64. The van der Waals surface area contributed by atoms with Crippen LogP contribution in [-0.4, -0.2) is 13.4 Å². The molecule has 0 spiro atoms. The van der Waals surface area contributed by atoms with E-state index in [1.807, 2.05) is 26.8 Å². The number of aromatic nitrogens is 1. The van der Waals surface area contributed by atoms with Crippen LogP contribution >= 0.6 is 0 Å². The second-order valence-electron chi connectivity index (χ2n) is 4.52. The SMILES string of the molecule is Cc1ccc(S(=O)(=O)Nc2ncccc2C)cc1C. The van der Waals surface area contributed by atoms with Crippen molar-refractivity contribution in [2.45, 2.75) is 25.7 Å². The Labute approximate surface area is 113 Å². The molecule has 0 bridgehead atoms. The predicted octanol–water partition coefficient (Wildman–Crippen LogP) is 2.81. The largest absolute Gasteiger partial charge is 0.263 e. The van der Waals surface area contributed by atoms with Gasteiger partial charge in [0, 0.05) is 6.20 Å². The molecule has 1 N–H and O–H groups in total. The lowest BCUT2D eigenvalue weighted by atomic mass is 10.1. The van der Waals surface area contributed by atoms with E-state index < -0.39 is 10.0 Å². The molecule has 0 fully saturated rings. The zero-order chi connectivity index (χ0) is 14.0. The highest BCUT2D eigenvalue weighted by Crippen LogP contribution is 2.19. The van der Waals surface area contributed by atoms with Gasteiger partial charge < -0.3 is 0 Å². The number of nitrogens with zero attached hydrogens (tertiary/aromatic N) is 1. The summed E-state index contributed by atoms with van der Waals surface area (Å²) in [6.45, 7) is 5.65. The Bertz CT molecular complexity index is 709. The third-order valence-electron chi connectivity index (χ3n) is 3.03. The summed E-state index contributed by atoms with van der Waals surface area (Å²) in [5.74, 6) is 0.362. The first-order valence-corrected chi connectivity index (χ1v) is 7.40. The van der Waals surface area contributed by atoms with E-state index >= 15 is 0 Å². The smallest absolute Gasteiger partial charge is 0.263 e. The molecule has 1 aromatic carbocycles. The van der Waals surface area contributed by atoms with Gasteiger partial charge in [0.25, 0.3) is 10.0 Å². The average molecular weight is 276 g/mol. The predicted molar refractivity (Wildman–Crippen MR) is 75.7 cm³/mol. The number of benzene rings is 1. The fourth-order valence-corrected chi connectivity index (χ4v) is 2.83. The molecule has 0 aliphatic rings. The zero-order valence-corrected chi connectivity index (χ0v) is 12.0. The number of nitrogens with one attached hydrogen (secondary N) is 1. The van der Waals surface area contributed by atoms with Crippen molar-refractivity contribution in [2.75, 3.05) is 4.72 Å². The van der Waals surface area contributed by atoms with Crippen molar-refractivity contribution in [1.82, 2.24) is 4.98 Å². The maximum Gasteiger partial charge on any atom is 0.263 e. The molecule has 0 saturated carbocycles. The van der Waals surface area contributed by atoms with Gasteiger partial charge in [0.15, 0.2) is 0 Å². The monoisotopic (exact) mass is 276 g/mol. The normalized spacial score (nSPS) is 11.3. The number of sulfonamides is 1. The topological polar surface area (TPSA) is 59.1 Å². The molecule has 0 unspecified atom stereocenters. The van der Waals surface area contributed by atoms with E-state index in [0.717, 1.165) is 16.7 Å². The first kappa shape index (κ1) is 13.5. The van der Waals surface area contributed by atoms with E-state index in [2.05, 4.69) is 9.71 Å². The maximum absolute atomic E-state index is 12.3. The number of rotatable bonds is 3. The van der Waals surface area contributed by atoms with Gasteiger partial charge in [-0.1, -0.05) is 12.1 Å². The van der Waals surface area contributed by atoms with Crippen molar-refractivity contribution in [3.63, 3.8) is 0 Å². The summed E-state index contributed by atoms with van der Waals surface area (Å²) >= 11 is 0. The highest BCUT2D eigenvalue weighted by atomic mass is 32.2. The summed E-state index contributed by atoms with van der Waals surface area (Å²) < 4.78 is 27.0. The third kappa shape index (κ3) is 2.93. The van der Waals surface area contributed by atoms with Crippen LogP contribution in [0.4, 0.5) is 5.82 Å². The number of hydrogen-bond donors (Lipinski definition) is 1. The minimum atomic E-state index is -3.59. The van der Waals surface area contributed by atoms with Crippen LogP contribution in [0.1, 0.15) is 16.7 Å². The second-order valence-corrected chi connectivity index (χ2v) is 6.20. The van der Waals surface area contributed by atoms with Crippen LogP contribution in [0.25, 0.3) is 0 Å². The summed E-state index contributed by atoms with van der Waals surface area (Å²) in [5.41, 5.74) is 2.79. The van der Waals surface area contributed by atoms with E-state index in [0.29, 0.717) is 5.82 Å². The van der Waals surface area contributed by atoms with Crippen LogP contribution in [-0.2, 0) is 10.0 Å². The molecular weight excluding hydrogens is 260 g/mol. The molecular formula is C14H16N2O2S. The lowest BCUT2D eigenvalue weighted by Crippen LogP contribution is -2.15. The molecule has 0 atom stereocenters.